The summed E-state index contributed by atoms with van der Waals surface area (Å²) in [5, 5.41) is 9.18. The highest BCUT2D eigenvalue weighted by Crippen LogP contribution is 2.19. The van der Waals surface area contributed by atoms with Gasteiger partial charge >= 0.3 is 0 Å². The molecule has 0 saturated heterocycles. The Morgan fingerprint density at radius 2 is 1.81 bits per heavy atom. The molecule has 3 N–H and O–H groups in total. The highest BCUT2D eigenvalue weighted by molar-refractivity contribution is 5.76. The summed E-state index contributed by atoms with van der Waals surface area (Å²) in [5.74, 6) is 2.29. The fraction of sp³-hybridized carbons (Fsp3) is 0.643. The van der Waals surface area contributed by atoms with Gasteiger partial charge in [0.2, 0.25) is 5.91 Å². The van der Waals surface area contributed by atoms with E-state index >= 15 is 0 Å². The summed E-state index contributed by atoms with van der Waals surface area (Å²) in [6.45, 7) is 8.22. The van der Waals surface area contributed by atoms with Gasteiger partial charge in [-0.1, -0.05) is 0 Å². The largest absolute Gasteiger partial charge is 0.383 e. The van der Waals surface area contributed by atoms with Gasteiger partial charge in [-0.2, -0.15) is 0 Å². The third-order valence-corrected chi connectivity index (χ3v) is 2.87. The summed E-state index contributed by atoms with van der Waals surface area (Å²) in [7, 11) is 1.61. The van der Waals surface area contributed by atoms with Gasteiger partial charge in [-0.15, -0.1) is 0 Å². The number of anilines is 2. The summed E-state index contributed by atoms with van der Waals surface area (Å²) >= 11 is 0. The van der Waals surface area contributed by atoms with Crippen molar-refractivity contribution in [3.05, 3.63) is 11.4 Å². The van der Waals surface area contributed by atoms with Crippen molar-refractivity contribution in [2.45, 2.75) is 27.2 Å². The standard InChI is InChI=1S/C14H25N5O2/c1-5-15-13-10(2)14(19-11(3)18-13)17-7-6-12(20)16-8-9-21-4/h5-9H2,1-4H3,(H,16,20)(H2,15,17,18,19). The molecule has 0 aliphatic carbocycles. The van der Waals surface area contributed by atoms with E-state index in [1.807, 2.05) is 20.8 Å². The summed E-state index contributed by atoms with van der Waals surface area (Å²) in [6, 6.07) is 0. The van der Waals surface area contributed by atoms with E-state index in [9.17, 15) is 4.79 Å². The average molecular weight is 295 g/mol. The molecule has 0 aliphatic heterocycles. The van der Waals surface area contributed by atoms with E-state index in [-0.39, 0.29) is 5.91 Å². The molecule has 7 nitrogen and oxygen atoms in total. The number of amides is 1. The molecule has 0 unspecified atom stereocenters. The Bertz CT molecular complexity index is 465. The van der Waals surface area contributed by atoms with Crippen molar-refractivity contribution in [2.75, 3.05) is 44.0 Å². The van der Waals surface area contributed by atoms with Crippen LogP contribution in [0.5, 0.6) is 0 Å². The molecular weight excluding hydrogens is 270 g/mol. The Balaban J connectivity index is 2.49. The van der Waals surface area contributed by atoms with E-state index in [0.29, 0.717) is 31.9 Å². The number of aryl methyl sites for hydroxylation is 1. The highest BCUT2D eigenvalue weighted by Gasteiger charge is 2.08. The molecule has 1 aromatic heterocycles. The summed E-state index contributed by atoms with van der Waals surface area (Å²) in [4.78, 5) is 20.3. The lowest BCUT2D eigenvalue weighted by Gasteiger charge is -2.13. The van der Waals surface area contributed by atoms with Crippen molar-refractivity contribution in [1.82, 2.24) is 15.3 Å². The van der Waals surface area contributed by atoms with Crippen LogP contribution < -0.4 is 16.0 Å². The summed E-state index contributed by atoms with van der Waals surface area (Å²) in [5.41, 5.74) is 0.960. The molecular formula is C14H25N5O2. The topological polar surface area (TPSA) is 88.2 Å². The minimum absolute atomic E-state index is 0.00473. The van der Waals surface area contributed by atoms with Crippen LogP contribution in [0.15, 0.2) is 0 Å². The van der Waals surface area contributed by atoms with Gasteiger partial charge in [0, 0.05) is 38.7 Å². The normalized spacial score (nSPS) is 10.3. The Morgan fingerprint density at radius 1 is 1.14 bits per heavy atom. The van der Waals surface area contributed by atoms with E-state index in [2.05, 4.69) is 25.9 Å². The molecule has 1 rings (SSSR count). The van der Waals surface area contributed by atoms with Crippen LogP contribution in [0.4, 0.5) is 11.6 Å². The zero-order valence-corrected chi connectivity index (χ0v) is 13.2. The molecule has 118 valence electrons. The molecule has 0 saturated carbocycles. The summed E-state index contributed by atoms with van der Waals surface area (Å²) in [6.07, 6.45) is 0.392. The van der Waals surface area contributed by atoms with E-state index in [1.54, 1.807) is 7.11 Å². The molecule has 7 heteroatoms. The van der Waals surface area contributed by atoms with Crippen LogP contribution in [-0.4, -0.2) is 49.2 Å². The first-order valence-corrected chi connectivity index (χ1v) is 7.17. The first kappa shape index (κ1) is 17.2. The average Bonchev–Trinajstić information content (AvgIpc) is 2.44. The molecule has 1 heterocycles. The molecule has 1 aromatic rings. The number of ether oxygens (including phenoxy) is 1. The number of nitrogens with one attached hydrogen (secondary N) is 3. The lowest BCUT2D eigenvalue weighted by molar-refractivity contribution is -0.121. The highest BCUT2D eigenvalue weighted by atomic mass is 16.5. The molecule has 21 heavy (non-hydrogen) atoms. The zero-order valence-electron chi connectivity index (χ0n) is 13.2. The monoisotopic (exact) mass is 295 g/mol. The molecule has 0 spiro atoms. The molecule has 1 amide bonds. The van der Waals surface area contributed by atoms with Gasteiger partial charge in [0.25, 0.3) is 0 Å². The van der Waals surface area contributed by atoms with Gasteiger partial charge in [-0.25, -0.2) is 9.97 Å². The first-order chi connectivity index (χ1) is 10.1. The van der Waals surface area contributed by atoms with E-state index in [0.717, 1.165) is 23.7 Å². The fourth-order valence-electron chi connectivity index (χ4n) is 1.82. The second kappa shape index (κ2) is 9.12. The Kier molecular flexibility index (Phi) is 7.45. The number of nitrogens with zero attached hydrogens (tertiary/aromatic N) is 2. The van der Waals surface area contributed by atoms with Crippen LogP contribution in [0.3, 0.4) is 0 Å². The van der Waals surface area contributed by atoms with Crippen LogP contribution in [0, 0.1) is 13.8 Å². The minimum Gasteiger partial charge on any atom is -0.383 e. The Hall–Kier alpha value is -1.89. The van der Waals surface area contributed by atoms with Gasteiger partial charge in [0.1, 0.15) is 17.5 Å². The van der Waals surface area contributed by atoms with Crippen LogP contribution in [0.1, 0.15) is 24.7 Å². The van der Waals surface area contributed by atoms with Gasteiger partial charge in [0.05, 0.1) is 6.61 Å². The third kappa shape index (κ3) is 5.95. The molecule has 0 atom stereocenters. The third-order valence-electron chi connectivity index (χ3n) is 2.87. The van der Waals surface area contributed by atoms with E-state index in [1.165, 1.54) is 0 Å². The van der Waals surface area contributed by atoms with Gasteiger partial charge in [-0.05, 0) is 20.8 Å². The first-order valence-electron chi connectivity index (χ1n) is 7.17. The van der Waals surface area contributed by atoms with E-state index in [4.69, 9.17) is 4.74 Å². The van der Waals surface area contributed by atoms with Crippen molar-refractivity contribution in [2.24, 2.45) is 0 Å². The van der Waals surface area contributed by atoms with Crippen molar-refractivity contribution in [3.8, 4) is 0 Å². The maximum Gasteiger partial charge on any atom is 0.221 e. The van der Waals surface area contributed by atoms with Crippen molar-refractivity contribution in [1.29, 1.82) is 0 Å². The minimum atomic E-state index is -0.00473. The van der Waals surface area contributed by atoms with Crippen molar-refractivity contribution >= 4 is 17.5 Å². The lowest BCUT2D eigenvalue weighted by atomic mass is 10.3. The number of methoxy groups -OCH3 is 1. The van der Waals surface area contributed by atoms with Gasteiger partial charge < -0.3 is 20.7 Å². The molecule has 0 aromatic carbocycles. The second-order valence-corrected chi connectivity index (χ2v) is 4.64. The predicted molar refractivity (Wildman–Crippen MR) is 83.7 cm³/mol. The van der Waals surface area contributed by atoms with E-state index < -0.39 is 0 Å². The number of hydrogen-bond donors (Lipinski definition) is 3. The number of carbonyl (C=O) groups excluding carboxylic acids is 1. The maximum atomic E-state index is 11.6. The number of aromatic nitrogens is 2. The van der Waals surface area contributed by atoms with Gasteiger partial charge in [0.15, 0.2) is 0 Å². The van der Waals surface area contributed by atoms with Crippen molar-refractivity contribution < 1.29 is 9.53 Å². The molecule has 0 aliphatic rings. The summed E-state index contributed by atoms with van der Waals surface area (Å²) < 4.78 is 4.88. The van der Waals surface area contributed by atoms with Gasteiger partial charge in [-0.3, -0.25) is 4.79 Å². The second-order valence-electron chi connectivity index (χ2n) is 4.64. The smallest absolute Gasteiger partial charge is 0.221 e. The fourth-order valence-corrected chi connectivity index (χ4v) is 1.82. The van der Waals surface area contributed by atoms with Crippen molar-refractivity contribution in [3.63, 3.8) is 0 Å². The van der Waals surface area contributed by atoms with Crippen LogP contribution in [0.2, 0.25) is 0 Å². The predicted octanol–water partition coefficient (Wildman–Crippen LogP) is 1.09. The molecule has 0 fully saturated rings. The van der Waals surface area contributed by atoms with Crippen LogP contribution in [0.25, 0.3) is 0 Å². The lowest BCUT2D eigenvalue weighted by Crippen LogP contribution is -2.28. The quantitative estimate of drug-likeness (QED) is 0.591. The van der Waals surface area contributed by atoms with Crippen LogP contribution in [-0.2, 0) is 9.53 Å². The van der Waals surface area contributed by atoms with Crippen LogP contribution >= 0.6 is 0 Å². The molecule has 0 bridgehead atoms. The number of hydrogen-bond acceptors (Lipinski definition) is 6. The number of carbonyl (C=O) groups is 1. The molecule has 0 radical (unpaired) electrons. The SMILES string of the molecule is CCNc1nc(C)nc(NCCC(=O)NCCOC)c1C. The zero-order chi connectivity index (χ0) is 15.7. The number of rotatable bonds is 9. The Morgan fingerprint density at radius 3 is 2.43 bits per heavy atom. The maximum absolute atomic E-state index is 11.6. The Labute approximate surface area is 125 Å².